The van der Waals surface area contributed by atoms with Crippen molar-refractivity contribution >= 4 is 40.7 Å². The lowest BCUT2D eigenvalue weighted by Crippen LogP contribution is -2.43. The number of carbonyl (C=O) groups is 2. The minimum atomic E-state index is -0.250. The predicted molar refractivity (Wildman–Crippen MR) is 97.6 cm³/mol. The second-order valence-corrected chi connectivity index (χ2v) is 6.81. The van der Waals surface area contributed by atoms with Crippen LogP contribution >= 0.6 is 23.2 Å². The number of benzene rings is 1. The number of carbonyl (C=O) groups excluding carboxylic acids is 2. The molecule has 5 nitrogen and oxygen atoms in total. The topological polar surface area (TPSA) is 61.4 Å². The van der Waals surface area contributed by atoms with Crippen molar-refractivity contribution in [2.24, 2.45) is 0 Å². The normalized spacial score (nSPS) is 14.8. The zero-order valence-electron chi connectivity index (χ0n) is 13.8. The van der Waals surface area contributed by atoms with E-state index >= 15 is 0 Å². The molecule has 7 heteroatoms. The van der Waals surface area contributed by atoms with Gasteiger partial charge in [0.25, 0.3) is 0 Å². The van der Waals surface area contributed by atoms with Crippen molar-refractivity contribution in [3.05, 3.63) is 28.2 Å². The molecule has 2 rings (SSSR count). The summed E-state index contributed by atoms with van der Waals surface area (Å²) in [6, 6.07) is 5.32. The molecule has 1 aliphatic rings. The standard InChI is InChI=1S/C17H23Cl2N3O2/c1-2-22(10-15(23)20-12-6-3-4-7-12)11-16(24)21-17-13(18)8-5-9-14(17)19/h5,8-9,12H,2-4,6-7,10-11H2,1H3,(H,20,23)(H,21,24). The van der Waals surface area contributed by atoms with Crippen molar-refractivity contribution < 1.29 is 9.59 Å². The fourth-order valence-corrected chi connectivity index (χ4v) is 3.32. The summed E-state index contributed by atoms with van der Waals surface area (Å²) in [5, 5.41) is 6.52. The Bertz CT molecular complexity index is 569. The second kappa shape index (κ2) is 9.25. The van der Waals surface area contributed by atoms with Gasteiger partial charge >= 0.3 is 0 Å². The van der Waals surface area contributed by atoms with E-state index in [0.717, 1.165) is 12.8 Å². The van der Waals surface area contributed by atoms with E-state index in [1.54, 1.807) is 23.1 Å². The highest BCUT2D eigenvalue weighted by atomic mass is 35.5. The van der Waals surface area contributed by atoms with E-state index in [2.05, 4.69) is 10.6 Å². The Morgan fingerprint density at radius 2 is 1.71 bits per heavy atom. The molecule has 132 valence electrons. The lowest BCUT2D eigenvalue weighted by atomic mass is 10.2. The SMILES string of the molecule is CCN(CC(=O)Nc1c(Cl)cccc1Cl)CC(=O)NC1CCCC1. The number of amides is 2. The molecular weight excluding hydrogens is 349 g/mol. The van der Waals surface area contributed by atoms with Gasteiger partial charge in [0.05, 0.1) is 28.8 Å². The molecule has 1 aromatic rings. The van der Waals surface area contributed by atoms with Crippen molar-refractivity contribution in [2.75, 3.05) is 25.0 Å². The lowest BCUT2D eigenvalue weighted by Gasteiger charge is -2.21. The Morgan fingerprint density at radius 3 is 2.29 bits per heavy atom. The highest BCUT2D eigenvalue weighted by molar-refractivity contribution is 6.39. The summed E-state index contributed by atoms with van der Waals surface area (Å²) >= 11 is 12.1. The fraction of sp³-hybridized carbons (Fsp3) is 0.529. The smallest absolute Gasteiger partial charge is 0.238 e. The number of para-hydroxylation sites is 1. The van der Waals surface area contributed by atoms with Gasteiger partial charge in [-0.05, 0) is 31.5 Å². The molecule has 0 bridgehead atoms. The van der Waals surface area contributed by atoms with E-state index in [0.29, 0.717) is 22.3 Å². The fourth-order valence-electron chi connectivity index (χ4n) is 2.83. The van der Waals surface area contributed by atoms with E-state index in [1.807, 2.05) is 6.92 Å². The number of hydrogen-bond donors (Lipinski definition) is 2. The number of rotatable bonds is 7. The van der Waals surface area contributed by atoms with Crippen LogP contribution in [0.5, 0.6) is 0 Å². The first-order valence-corrected chi connectivity index (χ1v) is 9.00. The molecule has 1 aliphatic carbocycles. The molecule has 1 fully saturated rings. The first-order valence-electron chi connectivity index (χ1n) is 8.25. The van der Waals surface area contributed by atoms with Gasteiger partial charge in [-0.1, -0.05) is 49.0 Å². The number of nitrogens with one attached hydrogen (secondary N) is 2. The van der Waals surface area contributed by atoms with Crippen LogP contribution in [0.4, 0.5) is 5.69 Å². The summed E-state index contributed by atoms with van der Waals surface area (Å²) in [5.74, 6) is -0.284. The highest BCUT2D eigenvalue weighted by Crippen LogP contribution is 2.29. The molecule has 0 aromatic heterocycles. The van der Waals surface area contributed by atoms with Crippen LogP contribution in [-0.4, -0.2) is 42.4 Å². The van der Waals surface area contributed by atoms with Crippen LogP contribution < -0.4 is 10.6 Å². The largest absolute Gasteiger partial charge is 0.352 e. The van der Waals surface area contributed by atoms with E-state index in [1.165, 1.54) is 12.8 Å². The lowest BCUT2D eigenvalue weighted by molar-refractivity contribution is -0.123. The van der Waals surface area contributed by atoms with Crippen molar-refractivity contribution in [1.29, 1.82) is 0 Å². The Morgan fingerprint density at radius 1 is 1.12 bits per heavy atom. The Labute approximate surface area is 152 Å². The number of halogens is 2. The Balaban J connectivity index is 1.85. The molecule has 2 amide bonds. The summed E-state index contributed by atoms with van der Waals surface area (Å²) in [6.45, 7) is 2.83. The molecule has 1 aromatic carbocycles. The van der Waals surface area contributed by atoms with Crippen molar-refractivity contribution in [2.45, 2.75) is 38.6 Å². The maximum absolute atomic E-state index is 12.2. The monoisotopic (exact) mass is 371 g/mol. The molecule has 0 unspecified atom stereocenters. The Kier molecular flexibility index (Phi) is 7.34. The minimum Gasteiger partial charge on any atom is -0.352 e. The summed E-state index contributed by atoms with van der Waals surface area (Å²) in [4.78, 5) is 26.1. The van der Waals surface area contributed by atoms with Gasteiger partial charge in [-0.15, -0.1) is 0 Å². The molecule has 0 saturated heterocycles. The average molecular weight is 372 g/mol. The third-order valence-corrected chi connectivity index (χ3v) is 4.76. The van der Waals surface area contributed by atoms with Crippen molar-refractivity contribution in [3.8, 4) is 0 Å². The summed E-state index contributed by atoms with van der Waals surface area (Å²) in [5.41, 5.74) is 0.400. The average Bonchev–Trinajstić information content (AvgIpc) is 3.03. The molecule has 24 heavy (non-hydrogen) atoms. The van der Waals surface area contributed by atoms with E-state index in [-0.39, 0.29) is 30.9 Å². The van der Waals surface area contributed by atoms with Crippen LogP contribution in [0.25, 0.3) is 0 Å². The third-order valence-electron chi connectivity index (χ3n) is 4.13. The summed E-state index contributed by atoms with van der Waals surface area (Å²) in [6.07, 6.45) is 4.43. The summed E-state index contributed by atoms with van der Waals surface area (Å²) < 4.78 is 0. The van der Waals surface area contributed by atoms with Crippen molar-refractivity contribution in [3.63, 3.8) is 0 Å². The van der Waals surface area contributed by atoms with Crippen LogP contribution in [0.2, 0.25) is 10.0 Å². The molecular formula is C17H23Cl2N3O2. The van der Waals surface area contributed by atoms with Gasteiger partial charge in [-0.2, -0.15) is 0 Å². The molecule has 2 N–H and O–H groups in total. The van der Waals surface area contributed by atoms with Gasteiger partial charge in [0.15, 0.2) is 0 Å². The zero-order valence-corrected chi connectivity index (χ0v) is 15.3. The van der Waals surface area contributed by atoms with E-state index in [4.69, 9.17) is 23.2 Å². The number of anilines is 1. The van der Waals surface area contributed by atoms with Crippen LogP contribution in [0.1, 0.15) is 32.6 Å². The predicted octanol–water partition coefficient (Wildman–Crippen LogP) is 3.31. The van der Waals surface area contributed by atoms with E-state index < -0.39 is 0 Å². The quantitative estimate of drug-likeness (QED) is 0.772. The van der Waals surface area contributed by atoms with Gasteiger partial charge in [0.2, 0.25) is 11.8 Å². The van der Waals surface area contributed by atoms with Crippen LogP contribution in [0, 0.1) is 0 Å². The molecule has 0 aliphatic heterocycles. The number of hydrogen-bond acceptors (Lipinski definition) is 3. The van der Waals surface area contributed by atoms with Crippen LogP contribution in [0.15, 0.2) is 18.2 Å². The Hall–Kier alpha value is -1.30. The highest BCUT2D eigenvalue weighted by Gasteiger charge is 2.19. The molecule has 0 atom stereocenters. The first-order chi connectivity index (χ1) is 11.5. The minimum absolute atomic E-state index is 0.0349. The van der Waals surface area contributed by atoms with Gasteiger partial charge in [0, 0.05) is 6.04 Å². The van der Waals surface area contributed by atoms with Gasteiger partial charge in [0.1, 0.15) is 0 Å². The second-order valence-electron chi connectivity index (χ2n) is 6.00. The maximum Gasteiger partial charge on any atom is 0.238 e. The summed E-state index contributed by atoms with van der Waals surface area (Å²) in [7, 11) is 0. The van der Waals surface area contributed by atoms with Crippen LogP contribution in [0.3, 0.4) is 0 Å². The number of likely N-dealkylation sites (N-methyl/N-ethyl adjacent to an activating group) is 1. The van der Waals surface area contributed by atoms with Gasteiger partial charge < -0.3 is 10.6 Å². The third kappa shape index (κ3) is 5.65. The van der Waals surface area contributed by atoms with Crippen LogP contribution in [-0.2, 0) is 9.59 Å². The van der Waals surface area contributed by atoms with Gasteiger partial charge in [-0.3, -0.25) is 14.5 Å². The number of nitrogens with zero attached hydrogens (tertiary/aromatic N) is 1. The van der Waals surface area contributed by atoms with E-state index in [9.17, 15) is 9.59 Å². The first kappa shape index (κ1) is 19.0. The zero-order chi connectivity index (χ0) is 17.5. The van der Waals surface area contributed by atoms with Gasteiger partial charge in [-0.25, -0.2) is 0 Å². The maximum atomic E-state index is 12.2. The van der Waals surface area contributed by atoms with Crippen molar-refractivity contribution in [1.82, 2.24) is 10.2 Å². The molecule has 0 radical (unpaired) electrons. The molecule has 0 heterocycles. The molecule has 1 saturated carbocycles. The molecule has 0 spiro atoms.